The van der Waals surface area contributed by atoms with E-state index in [1.165, 1.54) is 38.5 Å². The van der Waals surface area contributed by atoms with E-state index in [2.05, 4.69) is 12.2 Å². The zero-order chi connectivity index (χ0) is 13.6. The van der Waals surface area contributed by atoms with Crippen molar-refractivity contribution in [2.45, 2.75) is 71.4 Å². The molecule has 0 radical (unpaired) electrons. The summed E-state index contributed by atoms with van der Waals surface area (Å²) in [7, 11) is -2.86. The average molecular weight is 275 g/mol. The summed E-state index contributed by atoms with van der Waals surface area (Å²) < 4.78 is 23.2. The van der Waals surface area contributed by atoms with Gasteiger partial charge in [0.15, 0.2) is 9.84 Å². The molecular formula is C14H29NO2S. The molecule has 0 heterocycles. The van der Waals surface area contributed by atoms with Crippen molar-refractivity contribution < 1.29 is 8.42 Å². The van der Waals surface area contributed by atoms with Crippen LogP contribution in [0.25, 0.3) is 0 Å². The molecular weight excluding hydrogens is 246 g/mol. The van der Waals surface area contributed by atoms with Crippen LogP contribution in [0.3, 0.4) is 0 Å². The van der Waals surface area contributed by atoms with E-state index in [1.807, 2.05) is 6.92 Å². The Bertz CT molecular complexity index is 319. The van der Waals surface area contributed by atoms with Gasteiger partial charge in [-0.2, -0.15) is 0 Å². The molecule has 2 atom stereocenters. The third kappa shape index (κ3) is 5.70. The summed E-state index contributed by atoms with van der Waals surface area (Å²) in [5.41, 5.74) is 0. The van der Waals surface area contributed by atoms with Crippen molar-refractivity contribution >= 4 is 9.84 Å². The second-order valence-electron chi connectivity index (χ2n) is 5.81. The molecule has 0 saturated heterocycles. The summed E-state index contributed by atoms with van der Waals surface area (Å²) in [6.07, 6.45) is 7.98. The Morgan fingerprint density at radius 2 is 1.67 bits per heavy atom. The minimum Gasteiger partial charge on any atom is -0.310 e. The van der Waals surface area contributed by atoms with E-state index in [-0.39, 0.29) is 17.5 Å². The second kappa shape index (κ2) is 7.49. The third-order valence-electron chi connectivity index (χ3n) is 4.10. The normalized spacial score (nSPS) is 22.4. The van der Waals surface area contributed by atoms with Crippen LogP contribution in [-0.4, -0.2) is 32.0 Å². The molecule has 1 saturated carbocycles. The van der Waals surface area contributed by atoms with Crippen LogP contribution < -0.4 is 5.32 Å². The summed E-state index contributed by atoms with van der Waals surface area (Å²) in [6.45, 7) is 5.92. The molecule has 1 aliphatic rings. The molecule has 18 heavy (non-hydrogen) atoms. The Kier molecular flexibility index (Phi) is 6.64. The largest absolute Gasteiger partial charge is 0.310 e. The lowest BCUT2D eigenvalue weighted by Crippen LogP contribution is -2.43. The van der Waals surface area contributed by atoms with Gasteiger partial charge in [-0.3, -0.25) is 0 Å². The highest BCUT2D eigenvalue weighted by molar-refractivity contribution is 7.91. The van der Waals surface area contributed by atoms with Crippen molar-refractivity contribution in [3.05, 3.63) is 0 Å². The fourth-order valence-corrected chi connectivity index (χ4v) is 4.04. The highest BCUT2D eigenvalue weighted by Crippen LogP contribution is 2.25. The number of sulfone groups is 1. The summed E-state index contributed by atoms with van der Waals surface area (Å²) in [5, 5.41) is 3.49. The minimum atomic E-state index is -2.86. The van der Waals surface area contributed by atoms with E-state index in [0.717, 1.165) is 5.92 Å². The highest BCUT2D eigenvalue weighted by Gasteiger charge is 2.22. The smallest absolute Gasteiger partial charge is 0.151 e. The van der Waals surface area contributed by atoms with Crippen LogP contribution in [0, 0.1) is 5.92 Å². The van der Waals surface area contributed by atoms with E-state index in [1.54, 1.807) is 6.92 Å². The van der Waals surface area contributed by atoms with Crippen molar-refractivity contribution in [2.24, 2.45) is 5.92 Å². The Labute approximate surface area is 113 Å². The van der Waals surface area contributed by atoms with Crippen LogP contribution in [-0.2, 0) is 9.84 Å². The zero-order valence-corrected chi connectivity index (χ0v) is 12.9. The first-order valence-corrected chi connectivity index (χ1v) is 9.23. The van der Waals surface area contributed by atoms with Crippen molar-refractivity contribution in [3.8, 4) is 0 Å². The molecule has 3 nitrogen and oxygen atoms in total. The summed E-state index contributed by atoms with van der Waals surface area (Å²) in [6, 6.07) is 0.498. The number of nitrogens with one attached hydrogen (secondary N) is 1. The fraction of sp³-hybridized carbons (Fsp3) is 1.00. The Morgan fingerprint density at radius 1 is 1.11 bits per heavy atom. The SMILES string of the molecule is CCS(=O)(=O)CC(C)N[C@H](C)C1CCCCCC1. The molecule has 108 valence electrons. The van der Waals surface area contributed by atoms with Gasteiger partial charge in [0.2, 0.25) is 0 Å². The second-order valence-corrected chi connectivity index (χ2v) is 8.20. The maximum atomic E-state index is 11.6. The van der Waals surface area contributed by atoms with Gasteiger partial charge in [-0.15, -0.1) is 0 Å². The summed E-state index contributed by atoms with van der Waals surface area (Å²) in [5.74, 6) is 1.23. The molecule has 1 aliphatic carbocycles. The van der Waals surface area contributed by atoms with Crippen LogP contribution in [0.15, 0.2) is 0 Å². The van der Waals surface area contributed by atoms with E-state index >= 15 is 0 Å². The van der Waals surface area contributed by atoms with Crippen LogP contribution in [0.2, 0.25) is 0 Å². The monoisotopic (exact) mass is 275 g/mol. The van der Waals surface area contributed by atoms with E-state index in [0.29, 0.717) is 6.04 Å². The lowest BCUT2D eigenvalue weighted by molar-refractivity contribution is 0.321. The van der Waals surface area contributed by atoms with Gasteiger partial charge in [-0.1, -0.05) is 32.6 Å². The van der Waals surface area contributed by atoms with Gasteiger partial charge in [-0.25, -0.2) is 8.42 Å². The van der Waals surface area contributed by atoms with Crippen molar-refractivity contribution in [1.29, 1.82) is 0 Å². The van der Waals surface area contributed by atoms with E-state index < -0.39 is 9.84 Å². The first-order chi connectivity index (χ1) is 8.44. The first kappa shape index (κ1) is 16.0. The molecule has 1 unspecified atom stereocenters. The fourth-order valence-electron chi connectivity index (χ4n) is 2.94. The van der Waals surface area contributed by atoms with Crippen molar-refractivity contribution in [2.75, 3.05) is 11.5 Å². The molecule has 0 aliphatic heterocycles. The summed E-state index contributed by atoms with van der Waals surface area (Å²) in [4.78, 5) is 0. The van der Waals surface area contributed by atoms with Crippen molar-refractivity contribution in [3.63, 3.8) is 0 Å². The molecule has 0 aromatic rings. The van der Waals surface area contributed by atoms with Crippen LogP contribution in [0.1, 0.15) is 59.3 Å². The van der Waals surface area contributed by atoms with Gasteiger partial charge < -0.3 is 5.32 Å². The molecule has 0 aromatic carbocycles. The zero-order valence-electron chi connectivity index (χ0n) is 12.1. The molecule has 4 heteroatoms. The van der Waals surface area contributed by atoms with E-state index in [9.17, 15) is 8.42 Å². The van der Waals surface area contributed by atoms with Crippen molar-refractivity contribution in [1.82, 2.24) is 5.32 Å². The number of rotatable bonds is 6. The van der Waals surface area contributed by atoms with Gasteiger partial charge >= 0.3 is 0 Å². The third-order valence-corrected chi connectivity index (χ3v) is 5.99. The van der Waals surface area contributed by atoms with Gasteiger partial charge in [0, 0.05) is 17.8 Å². The first-order valence-electron chi connectivity index (χ1n) is 7.41. The maximum Gasteiger partial charge on any atom is 0.151 e. The Morgan fingerprint density at radius 3 is 2.17 bits per heavy atom. The van der Waals surface area contributed by atoms with Crippen LogP contribution >= 0.6 is 0 Å². The lowest BCUT2D eigenvalue weighted by atomic mass is 9.92. The average Bonchev–Trinajstić information content (AvgIpc) is 2.56. The highest BCUT2D eigenvalue weighted by atomic mass is 32.2. The molecule has 0 aromatic heterocycles. The van der Waals surface area contributed by atoms with Gasteiger partial charge in [0.05, 0.1) is 5.75 Å². The molecule has 0 spiro atoms. The molecule has 1 fully saturated rings. The molecule has 0 amide bonds. The summed E-state index contributed by atoms with van der Waals surface area (Å²) >= 11 is 0. The quantitative estimate of drug-likeness (QED) is 0.758. The van der Waals surface area contributed by atoms with Crippen LogP contribution in [0.5, 0.6) is 0 Å². The molecule has 1 N–H and O–H groups in total. The molecule has 1 rings (SSSR count). The number of hydrogen-bond donors (Lipinski definition) is 1. The molecule has 0 bridgehead atoms. The Balaban J connectivity index is 2.40. The minimum absolute atomic E-state index is 0.0632. The van der Waals surface area contributed by atoms with Gasteiger partial charge in [-0.05, 0) is 32.6 Å². The predicted molar refractivity (Wildman–Crippen MR) is 77.6 cm³/mol. The standard InChI is InChI=1S/C14H29NO2S/c1-4-18(16,17)11-12(2)15-13(3)14-9-7-5-6-8-10-14/h12-15H,4-11H2,1-3H3/t12?,13-/m1/s1. The topological polar surface area (TPSA) is 46.2 Å². The maximum absolute atomic E-state index is 11.6. The van der Waals surface area contributed by atoms with E-state index in [4.69, 9.17) is 0 Å². The van der Waals surface area contributed by atoms with Crippen LogP contribution in [0.4, 0.5) is 0 Å². The van der Waals surface area contributed by atoms with Gasteiger partial charge in [0.25, 0.3) is 0 Å². The lowest BCUT2D eigenvalue weighted by Gasteiger charge is -2.27. The Hall–Kier alpha value is -0.0900. The van der Waals surface area contributed by atoms with Gasteiger partial charge in [0.1, 0.15) is 0 Å². The predicted octanol–water partition coefficient (Wildman–Crippen LogP) is 2.76. The number of hydrogen-bond acceptors (Lipinski definition) is 3.